The fourth-order valence-corrected chi connectivity index (χ4v) is 4.40. The summed E-state index contributed by atoms with van der Waals surface area (Å²) >= 11 is 0. The quantitative estimate of drug-likeness (QED) is 0.404. The van der Waals surface area contributed by atoms with Gasteiger partial charge in [-0.25, -0.2) is 4.98 Å². The molecule has 5 nitrogen and oxygen atoms in total. The summed E-state index contributed by atoms with van der Waals surface area (Å²) in [6, 6.07) is 22.7. The Balaban J connectivity index is 1.40. The average molecular weight is 425 g/mol. The largest absolute Gasteiger partial charge is 0.460 e. The molecule has 2 aromatic heterocycles. The standard InChI is InChI=1S/C27H24N2O3/c1-18-11-12-25(32-18)24-17-22(21-9-5-6-10-23(21)28-24)27(31)29-15-13-20(14-16-29)26(30)19-7-3-2-4-8-19/h2-12,17,20H,13-16H2,1H3. The minimum atomic E-state index is -0.0442. The van der Waals surface area contributed by atoms with Crippen LogP contribution in [0.1, 0.15) is 39.3 Å². The monoisotopic (exact) mass is 424 g/mol. The summed E-state index contributed by atoms with van der Waals surface area (Å²) in [4.78, 5) is 32.9. The summed E-state index contributed by atoms with van der Waals surface area (Å²) in [5, 5.41) is 0.826. The molecule has 1 fully saturated rings. The number of ketones is 1. The number of nitrogens with zero attached hydrogens (tertiary/aromatic N) is 2. The van der Waals surface area contributed by atoms with Gasteiger partial charge in [0.2, 0.25) is 0 Å². The van der Waals surface area contributed by atoms with Gasteiger partial charge in [-0.2, -0.15) is 0 Å². The van der Waals surface area contributed by atoms with Crippen molar-refractivity contribution < 1.29 is 14.0 Å². The predicted octanol–water partition coefficient (Wildman–Crippen LogP) is 5.54. The number of para-hydroxylation sites is 1. The first-order chi connectivity index (χ1) is 15.6. The van der Waals surface area contributed by atoms with E-state index in [2.05, 4.69) is 0 Å². The maximum absolute atomic E-state index is 13.5. The average Bonchev–Trinajstić information content (AvgIpc) is 3.29. The minimum absolute atomic E-state index is 0.0289. The van der Waals surface area contributed by atoms with Gasteiger partial charge in [0.15, 0.2) is 11.5 Å². The zero-order valence-electron chi connectivity index (χ0n) is 18.0. The molecule has 0 bridgehead atoms. The Kier molecular flexibility index (Phi) is 5.31. The Labute approximate surface area is 186 Å². The third-order valence-corrected chi connectivity index (χ3v) is 6.15. The summed E-state index contributed by atoms with van der Waals surface area (Å²) in [6.07, 6.45) is 1.35. The van der Waals surface area contributed by atoms with Crippen molar-refractivity contribution in [3.63, 3.8) is 0 Å². The van der Waals surface area contributed by atoms with E-state index in [1.54, 1.807) is 0 Å². The molecule has 2 aromatic carbocycles. The number of hydrogen-bond donors (Lipinski definition) is 0. The molecule has 32 heavy (non-hydrogen) atoms. The minimum Gasteiger partial charge on any atom is -0.460 e. The molecule has 1 saturated heterocycles. The Hall–Kier alpha value is -3.73. The van der Waals surface area contributed by atoms with Gasteiger partial charge >= 0.3 is 0 Å². The molecule has 4 aromatic rings. The number of Topliss-reactive ketones (excluding diaryl/α,β-unsaturated/α-hetero) is 1. The Bertz CT molecular complexity index is 1280. The van der Waals surface area contributed by atoms with Crippen LogP contribution in [0.2, 0.25) is 0 Å². The number of rotatable bonds is 4. The number of furan rings is 1. The zero-order chi connectivity index (χ0) is 22.1. The number of fused-ring (bicyclic) bond motifs is 1. The number of amides is 1. The van der Waals surface area contributed by atoms with Crippen LogP contribution in [0.25, 0.3) is 22.4 Å². The second-order valence-electron chi connectivity index (χ2n) is 8.28. The third kappa shape index (κ3) is 3.82. The van der Waals surface area contributed by atoms with Crippen LogP contribution in [-0.2, 0) is 0 Å². The van der Waals surface area contributed by atoms with Crippen molar-refractivity contribution in [2.24, 2.45) is 5.92 Å². The maximum Gasteiger partial charge on any atom is 0.254 e. The molecule has 0 spiro atoms. The lowest BCUT2D eigenvalue weighted by Gasteiger charge is -2.31. The number of piperidine rings is 1. The molecular formula is C27H24N2O3. The van der Waals surface area contributed by atoms with E-state index in [0.717, 1.165) is 22.2 Å². The number of pyridine rings is 1. The molecule has 3 heterocycles. The van der Waals surface area contributed by atoms with E-state index in [0.29, 0.717) is 42.9 Å². The summed E-state index contributed by atoms with van der Waals surface area (Å²) in [5.41, 5.74) is 2.77. The SMILES string of the molecule is Cc1ccc(-c2cc(C(=O)N3CCC(C(=O)c4ccccc4)CC3)c3ccccc3n2)o1. The van der Waals surface area contributed by atoms with Crippen molar-refractivity contribution in [1.29, 1.82) is 0 Å². The molecule has 1 aliphatic rings. The number of likely N-dealkylation sites (tertiary alicyclic amines) is 1. The number of carbonyl (C=O) groups excluding carboxylic acids is 2. The van der Waals surface area contributed by atoms with Gasteiger partial charge in [0.25, 0.3) is 5.91 Å². The van der Waals surface area contributed by atoms with E-state index in [-0.39, 0.29) is 17.6 Å². The summed E-state index contributed by atoms with van der Waals surface area (Å²) in [6.45, 7) is 3.01. The van der Waals surface area contributed by atoms with Crippen LogP contribution in [0.3, 0.4) is 0 Å². The van der Waals surface area contributed by atoms with Crippen molar-refractivity contribution in [2.45, 2.75) is 19.8 Å². The number of hydrogen-bond acceptors (Lipinski definition) is 4. The fraction of sp³-hybridized carbons (Fsp3) is 0.222. The number of aryl methyl sites for hydroxylation is 1. The van der Waals surface area contributed by atoms with Crippen molar-refractivity contribution >= 4 is 22.6 Å². The van der Waals surface area contributed by atoms with Gasteiger partial charge in [0.1, 0.15) is 11.5 Å². The number of aromatic nitrogens is 1. The molecule has 0 N–H and O–H groups in total. The van der Waals surface area contributed by atoms with Crippen LogP contribution in [-0.4, -0.2) is 34.7 Å². The van der Waals surface area contributed by atoms with Crippen molar-refractivity contribution in [1.82, 2.24) is 9.88 Å². The second kappa shape index (κ2) is 8.42. The van der Waals surface area contributed by atoms with E-state index in [4.69, 9.17) is 9.40 Å². The van der Waals surface area contributed by atoms with Crippen LogP contribution in [0.5, 0.6) is 0 Å². The van der Waals surface area contributed by atoms with Gasteiger partial charge in [0, 0.05) is 30.0 Å². The third-order valence-electron chi connectivity index (χ3n) is 6.15. The number of carbonyl (C=O) groups is 2. The summed E-state index contributed by atoms with van der Waals surface area (Å²) in [5.74, 6) is 1.54. The molecule has 1 amide bonds. The van der Waals surface area contributed by atoms with E-state index < -0.39 is 0 Å². The molecule has 160 valence electrons. The second-order valence-corrected chi connectivity index (χ2v) is 8.28. The Morgan fingerprint density at radius 3 is 2.38 bits per heavy atom. The van der Waals surface area contributed by atoms with Crippen LogP contribution < -0.4 is 0 Å². The van der Waals surface area contributed by atoms with Crippen LogP contribution in [0.15, 0.2) is 77.2 Å². The lowest BCUT2D eigenvalue weighted by molar-refractivity contribution is 0.0652. The van der Waals surface area contributed by atoms with Gasteiger partial charge in [-0.3, -0.25) is 9.59 Å². The molecule has 5 heteroatoms. The molecule has 0 aliphatic carbocycles. The molecule has 0 saturated carbocycles. The highest BCUT2D eigenvalue weighted by Gasteiger charge is 2.29. The van der Waals surface area contributed by atoms with Gasteiger partial charge in [-0.15, -0.1) is 0 Å². The predicted molar refractivity (Wildman–Crippen MR) is 124 cm³/mol. The molecule has 0 radical (unpaired) electrons. The lowest BCUT2D eigenvalue weighted by atomic mass is 9.88. The highest BCUT2D eigenvalue weighted by molar-refractivity contribution is 6.07. The first kappa shape index (κ1) is 20.2. The van der Waals surface area contributed by atoms with E-state index in [9.17, 15) is 9.59 Å². The van der Waals surface area contributed by atoms with Crippen molar-refractivity contribution in [2.75, 3.05) is 13.1 Å². The van der Waals surface area contributed by atoms with E-state index in [1.165, 1.54) is 0 Å². The van der Waals surface area contributed by atoms with E-state index >= 15 is 0 Å². The van der Waals surface area contributed by atoms with Crippen LogP contribution in [0.4, 0.5) is 0 Å². The summed E-state index contributed by atoms with van der Waals surface area (Å²) < 4.78 is 5.76. The van der Waals surface area contributed by atoms with Crippen LogP contribution >= 0.6 is 0 Å². The molecule has 1 aliphatic heterocycles. The van der Waals surface area contributed by atoms with Gasteiger partial charge < -0.3 is 9.32 Å². The maximum atomic E-state index is 13.5. The van der Waals surface area contributed by atoms with E-state index in [1.807, 2.05) is 84.6 Å². The molecule has 0 atom stereocenters. The fourth-order valence-electron chi connectivity index (χ4n) is 4.40. The molecule has 5 rings (SSSR count). The zero-order valence-corrected chi connectivity index (χ0v) is 18.0. The first-order valence-electron chi connectivity index (χ1n) is 11.0. The molecular weight excluding hydrogens is 400 g/mol. The lowest BCUT2D eigenvalue weighted by Crippen LogP contribution is -2.40. The Morgan fingerprint density at radius 2 is 1.66 bits per heavy atom. The topological polar surface area (TPSA) is 63.4 Å². The van der Waals surface area contributed by atoms with Gasteiger partial charge in [-0.1, -0.05) is 48.5 Å². The summed E-state index contributed by atoms with van der Waals surface area (Å²) in [7, 11) is 0. The van der Waals surface area contributed by atoms with Crippen molar-refractivity contribution in [3.05, 3.63) is 89.7 Å². The Morgan fingerprint density at radius 1 is 0.938 bits per heavy atom. The highest BCUT2D eigenvalue weighted by atomic mass is 16.3. The first-order valence-corrected chi connectivity index (χ1v) is 11.0. The van der Waals surface area contributed by atoms with Gasteiger partial charge in [0.05, 0.1) is 11.1 Å². The highest BCUT2D eigenvalue weighted by Crippen LogP contribution is 2.29. The molecule has 0 unspecified atom stereocenters. The smallest absolute Gasteiger partial charge is 0.254 e. The van der Waals surface area contributed by atoms with Crippen LogP contribution in [0, 0.1) is 12.8 Å². The number of benzene rings is 2. The van der Waals surface area contributed by atoms with Crippen molar-refractivity contribution in [3.8, 4) is 11.5 Å². The van der Waals surface area contributed by atoms with Gasteiger partial charge in [-0.05, 0) is 44.0 Å². The normalized spacial score (nSPS) is 14.6.